The summed E-state index contributed by atoms with van der Waals surface area (Å²) in [4.78, 5) is 24.7. The first kappa shape index (κ1) is 19.5. The molecule has 24 heavy (non-hydrogen) atoms. The number of nitrogens with zero attached hydrogens (tertiary/aromatic N) is 2. The molecule has 0 heterocycles. The normalized spacial score (nSPS) is 11.3. The van der Waals surface area contributed by atoms with Crippen LogP contribution >= 0.6 is 0 Å². The minimum Gasteiger partial charge on any atom is -0.448 e. The first-order valence-electron chi connectivity index (χ1n) is 7.76. The van der Waals surface area contributed by atoms with Gasteiger partial charge in [-0.2, -0.15) is 0 Å². The molecule has 0 bridgehead atoms. The van der Waals surface area contributed by atoms with Crippen molar-refractivity contribution in [1.29, 1.82) is 0 Å². The molecule has 1 N–H and O–H groups in total. The minimum absolute atomic E-state index is 0.0861. The molecule has 0 aromatic heterocycles. The summed E-state index contributed by atoms with van der Waals surface area (Å²) in [6, 6.07) is 8.31. The fraction of sp³-hybridized carbons (Fsp3) is 0.412. The third-order valence-electron chi connectivity index (χ3n) is 3.14. The molecule has 1 rings (SSSR count). The SMILES string of the molecule is C=C[C@H](CO)N(C(=O)OCC)N(Cc1ccccc1)C(=O)OCC. The zero-order valence-corrected chi connectivity index (χ0v) is 14.1. The second kappa shape index (κ2) is 10.3. The monoisotopic (exact) mass is 336 g/mol. The van der Waals surface area contributed by atoms with E-state index in [-0.39, 0.29) is 19.8 Å². The Morgan fingerprint density at radius 2 is 1.75 bits per heavy atom. The lowest BCUT2D eigenvalue weighted by Crippen LogP contribution is -2.55. The van der Waals surface area contributed by atoms with Crippen LogP contribution in [0.3, 0.4) is 0 Å². The van der Waals surface area contributed by atoms with Crippen molar-refractivity contribution in [3.63, 3.8) is 0 Å². The summed E-state index contributed by atoms with van der Waals surface area (Å²) in [5, 5.41) is 11.7. The standard InChI is InChI=1S/C17H24N2O5/c1-4-15(13-20)19(17(22)24-6-3)18(16(21)23-5-2)12-14-10-8-7-9-11-14/h4,7-11,15,20H,1,5-6,12-13H2,2-3H3/t15-/m1/s1. The van der Waals surface area contributed by atoms with Crippen molar-refractivity contribution in [1.82, 2.24) is 10.0 Å². The predicted molar refractivity (Wildman–Crippen MR) is 88.9 cm³/mol. The van der Waals surface area contributed by atoms with Crippen LogP contribution in [0.25, 0.3) is 0 Å². The Morgan fingerprint density at radius 1 is 1.17 bits per heavy atom. The van der Waals surface area contributed by atoms with Crippen LogP contribution in [0.2, 0.25) is 0 Å². The van der Waals surface area contributed by atoms with E-state index in [9.17, 15) is 14.7 Å². The summed E-state index contributed by atoms with van der Waals surface area (Å²) in [5.74, 6) is 0. The van der Waals surface area contributed by atoms with E-state index in [2.05, 4.69) is 6.58 Å². The van der Waals surface area contributed by atoms with Gasteiger partial charge in [-0.05, 0) is 19.4 Å². The quantitative estimate of drug-likeness (QED) is 0.611. The van der Waals surface area contributed by atoms with Gasteiger partial charge < -0.3 is 14.6 Å². The first-order chi connectivity index (χ1) is 11.6. The number of hydrogen-bond donors (Lipinski definition) is 1. The maximum atomic E-state index is 12.4. The zero-order valence-electron chi connectivity index (χ0n) is 14.1. The fourth-order valence-electron chi connectivity index (χ4n) is 2.04. The molecule has 1 aromatic rings. The average molecular weight is 336 g/mol. The predicted octanol–water partition coefficient (Wildman–Crippen LogP) is 2.57. The molecular formula is C17H24N2O5. The smallest absolute Gasteiger partial charge is 0.429 e. The molecule has 0 radical (unpaired) electrons. The first-order valence-corrected chi connectivity index (χ1v) is 7.76. The van der Waals surface area contributed by atoms with Gasteiger partial charge in [0.2, 0.25) is 0 Å². The van der Waals surface area contributed by atoms with Gasteiger partial charge in [0.25, 0.3) is 0 Å². The van der Waals surface area contributed by atoms with E-state index in [1.807, 2.05) is 30.3 Å². The third kappa shape index (κ3) is 5.27. The van der Waals surface area contributed by atoms with E-state index in [4.69, 9.17) is 9.47 Å². The molecule has 0 aliphatic rings. The van der Waals surface area contributed by atoms with Crippen LogP contribution in [0.1, 0.15) is 19.4 Å². The van der Waals surface area contributed by atoms with E-state index < -0.39 is 24.8 Å². The number of aliphatic hydroxyl groups is 1. The molecule has 7 nitrogen and oxygen atoms in total. The van der Waals surface area contributed by atoms with Gasteiger partial charge in [-0.15, -0.1) is 6.58 Å². The average Bonchev–Trinajstić information content (AvgIpc) is 2.59. The summed E-state index contributed by atoms with van der Waals surface area (Å²) in [5.41, 5.74) is 0.792. The Labute approximate surface area is 142 Å². The number of benzene rings is 1. The topological polar surface area (TPSA) is 79.3 Å². The molecule has 0 spiro atoms. The van der Waals surface area contributed by atoms with Gasteiger partial charge in [0.15, 0.2) is 0 Å². The highest BCUT2D eigenvalue weighted by Gasteiger charge is 2.33. The van der Waals surface area contributed by atoms with Crippen LogP contribution in [-0.4, -0.2) is 53.2 Å². The van der Waals surface area contributed by atoms with Crippen LogP contribution in [0.5, 0.6) is 0 Å². The summed E-state index contributed by atoms with van der Waals surface area (Å²) in [6.07, 6.45) is -0.108. The minimum atomic E-state index is -0.822. The lowest BCUT2D eigenvalue weighted by molar-refractivity contribution is -0.0480. The van der Waals surface area contributed by atoms with Gasteiger partial charge in [-0.1, -0.05) is 36.4 Å². The molecule has 0 aliphatic carbocycles. The highest BCUT2D eigenvalue weighted by Crippen LogP contribution is 2.15. The van der Waals surface area contributed by atoms with Gasteiger partial charge >= 0.3 is 12.2 Å². The Kier molecular flexibility index (Phi) is 8.35. The third-order valence-corrected chi connectivity index (χ3v) is 3.14. The maximum Gasteiger partial charge on any atom is 0.429 e. The van der Waals surface area contributed by atoms with Gasteiger partial charge in [0.1, 0.15) is 0 Å². The maximum absolute atomic E-state index is 12.4. The summed E-state index contributed by atoms with van der Waals surface area (Å²) >= 11 is 0. The molecule has 7 heteroatoms. The number of amides is 2. The molecule has 0 unspecified atom stereocenters. The molecule has 0 fully saturated rings. The highest BCUT2D eigenvalue weighted by atomic mass is 16.6. The van der Waals surface area contributed by atoms with E-state index in [1.165, 1.54) is 6.08 Å². The summed E-state index contributed by atoms with van der Waals surface area (Å²) in [6.45, 7) is 6.89. The Bertz CT molecular complexity index is 535. The van der Waals surface area contributed by atoms with Crippen molar-refractivity contribution in [3.05, 3.63) is 48.6 Å². The van der Waals surface area contributed by atoms with Crippen LogP contribution in [-0.2, 0) is 16.0 Å². The summed E-state index contributed by atoms with van der Waals surface area (Å²) in [7, 11) is 0. The molecule has 1 atom stereocenters. The molecule has 0 aliphatic heterocycles. The lowest BCUT2D eigenvalue weighted by Gasteiger charge is -2.36. The molecule has 2 amide bonds. The number of carbonyl (C=O) groups excluding carboxylic acids is 2. The van der Waals surface area contributed by atoms with E-state index in [0.29, 0.717) is 0 Å². The van der Waals surface area contributed by atoms with Gasteiger partial charge in [-0.25, -0.2) is 19.6 Å². The Hall–Kier alpha value is -2.54. The largest absolute Gasteiger partial charge is 0.448 e. The molecular weight excluding hydrogens is 312 g/mol. The number of ether oxygens (including phenoxy) is 2. The zero-order chi connectivity index (χ0) is 17.9. The van der Waals surface area contributed by atoms with Crippen LogP contribution in [0.4, 0.5) is 9.59 Å². The van der Waals surface area contributed by atoms with Crippen molar-refractivity contribution in [2.24, 2.45) is 0 Å². The Morgan fingerprint density at radius 3 is 2.25 bits per heavy atom. The number of hydrazine groups is 1. The van der Waals surface area contributed by atoms with Crippen molar-refractivity contribution in [2.45, 2.75) is 26.4 Å². The number of carbonyl (C=O) groups is 2. The summed E-state index contributed by atoms with van der Waals surface area (Å²) < 4.78 is 10.1. The number of rotatable bonds is 7. The van der Waals surface area contributed by atoms with Crippen molar-refractivity contribution < 1.29 is 24.2 Å². The van der Waals surface area contributed by atoms with Crippen LogP contribution in [0, 0.1) is 0 Å². The molecule has 1 aromatic carbocycles. The highest BCUT2D eigenvalue weighted by molar-refractivity contribution is 5.74. The van der Waals surface area contributed by atoms with Gasteiger partial charge in [0, 0.05) is 0 Å². The second-order valence-corrected chi connectivity index (χ2v) is 4.77. The van der Waals surface area contributed by atoms with Crippen LogP contribution in [0.15, 0.2) is 43.0 Å². The fourth-order valence-corrected chi connectivity index (χ4v) is 2.04. The number of aliphatic hydroxyl groups excluding tert-OH is 1. The van der Waals surface area contributed by atoms with Crippen LogP contribution < -0.4 is 0 Å². The van der Waals surface area contributed by atoms with E-state index >= 15 is 0 Å². The van der Waals surface area contributed by atoms with Crippen molar-refractivity contribution in [2.75, 3.05) is 19.8 Å². The molecule has 132 valence electrons. The van der Waals surface area contributed by atoms with E-state index in [0.717, 1.165) is 15.6 Å². The number of hydrogen-bond acceptors (Lipinski definition) is 5. The van der Waals surface area contributed by atoms with Gasteiger partial charge in [0.05, 0.1) is 32.4 Å². The lowest BCUT2D eigenvalue weighted by atomic mass is 10.2. The molecule has 0 saturated carbocycles. The van der Waals surface area contributed by atoms with Crippen molar-refractivity contribution in [3.8, 4) is 0 Å². The van der Waals surface area contributed by atoms with Crippen molar-refractivity contribution >= 4 is 12.2 Å². The molecule has 0 saturated heterocycles. The Balaban J connectivity index is 3.19. The van der Waals surface area contributed by atoms with Gasteiger partial charge in [-0.3, -0.25) is 0 Å². The van der Waals surface area contributed by atoms with E-state index in [1.54, 1.807) is 13.8 Å². The second-order valence-electron chi connectivity index (χ2n) is 4.77.